The molecular weight excluding hydrogens is 208 g/mol. The zero-order valence-corrected chi connectivity index (χ0v) is 9.06. The lowest BCUT2D eigenvalue weighted by Crippen LogP contribution is -2.34. The van der Waals surface area contributed by atoms with Gasteiger partial charge in [0.1, 0.15) is 5.82 Å². The summed E-state index contributed by atoms with van der Waals surface area (Å²) in [5.74, 6) is -0.425. The first-order valence-corrected chi connectivity index (χ1v) is 5.58. The molecule has 1 heterocycles. The van der Waals surface area contributed by atoms with Gasteiger partial charge in [-0.05, 0) is 42.9 Å². The first-order valence-electron chi connectivity index (χ1n) is 5.58. The van der Waals surface area contributed by atoms with E-state index < -0.39 is 12.9 Å². The summed E-state index contributed by atoms with van der Waals surface area (Å²) in [6.07, 6.45) is 3.42. The van der Waals surface area contributed by atoms with Gasteiger partial charge in [0.25, 0.3) is 0 Å². The van der Waals surface area contributed by atoms with Crippen LogP contribution in [-0.4, -0.2) is 30.3 Å². The van der Waals surface area contributed by atoms with Crippen molar-refractivity contribution in [3.05, 3.63) is 24.0 Å². The molecule has 0 atom stereocenters. The summed E-state index contributed by atoms with van der Waals surface area (Å²) in [6, 6.07) is 4.23. The highest BCUT2D eigenvalue weighted by Gasteiger charge is 2.17. The largest absolute Gasteiger partial charge is 0.488 e. The van der Waals surface area contributed by atoms with Crippen molar-refractivity contribution in [2.24, 2.45) is 0 Å². The Morgan fingerprint density at radius 1 is 1.06 bits per heavy atom. The van der Waals surface area contributed by atoms with Crippen molar-refractivity contribution in [2.45, 2.75) is 19.3 Å². The molecule has 0 amide bonds. The summed E-state index contributed by atoms with van der Waals surface area (Å²) in [5, 5.41) is 18.1. The highest BCUT2D eigenvalue weighted by Crippen LogP contribution is 2.19. The minimum atomic E-state index is -1.61. The van der Waals surface area contributed by atoms with E-state index >= 15 is 0 Å². The van der Waals surface area contributed by atoms with E-state index in [9.17, 15) is 4.39 Å². The number of anilines is 1. The molecule has 0 spiro atoms. The molecule has 1 saturated heterocycles. The first-order chi connectivity index (χ1) is 7.66. The van der Waals surface area contributed by atoms with Crippen LogP contribution in [0.5, 0.6) is 0 Å². The van der Waals surface area contributed by atoms with Crippen molar-refractivity contribution >= 4 is 18.3 Å². The van der Waals surface area contributed by atoms with Gasteiger partial charge < -0.3 is 14.9 Å². The molecule has 16 heavy (non-hydrogen) atoms. The molecule has 1 aliphatic heterocycles. The molecule has 2 N–H and O–H groups in total. The van der Waals surface area contributed by atoms with Crippen LogP contribution in [0.1, 0.15) is 19.3 Å². The van der Waals surface area contributed by atoms with Crippen LogP contribution in [0.15, 0.2) is 18.2 Å². The summed E-state index contributed by atoms with van der Waals surface area (Å²) in [6.45, 7) is 1.81. The maximum Gasteiger partial charge on any atom is 0.488 e. The molecule has 86 valence electrons. The van der Waals surface area contributed by atoms with Gasteiger partial charge in [-0.25, -0.2) is 4.39 Å². The first kappa shape index (κ1) is 11.4. The fourth-order valence-corrected chi connectivity index (χ4v) is 2.08. The second-order valence-electron chi connectivity index (χ2n) is 4.16. The highest BCUT2D eigenvalue weighted by molar-refractivity contribution is 6.58. The third-order valence-electron chi connectivity index (χ3n) is 2.92. The van der Waals surface area contributed by atoms with Crippen molar-refractivity contribution < 1.29 is 14.4 Å². The van der Waals surface area contributed by atoms with Gasteiger partial charge in [0.2, 0.25) is 0 Å². The van der Waals surface area contributed by atoms with E-state index in [0.29, 0.717) is 0 Å². The molecule has 0 radical (unpaired) electrons. The van der Waals surface area contributed by atoms with Crippen molar-refractivity contribution in [3.8, 4) is 0 Å². The Morgan fingerprint density at radius 2 is 1.75 bits per heavy atom. The van der Waals surface area contributed by atoms with Gasteiger partial charge in [-0.3, -0.25) is 0 Å². The van der Waals surface area contributed by atoms with Gasteiger partial charge in [-0.15, -0.1) is 0 Å². The smallest absolute Gasteiger partial charge is 0.423 e. The van der Waals surface area contributed by atoms with E-state index in [4.69, 9.17) is 10.0 Å². The Labute approximate surface area is 94.7 Å². The normalized spacial score (nSPS) is 16.3. The number of nitrogens with zero attached hydrogens (tertiary/aromatic N) is 1. The van der Waals surface area contributed by atoms with Gasteiger partial charge in [-0.1, -0.05) is 0 Å². The molecule has 5 heteroatoms. The third kappa shape index (κ3) is 2.54. The molecular formula is C11H15BFNO2. The van der Waals surface area contributed by atoms with Crippen molar-refractivity contribution in [3.63, 3.8) is 0 Å². The molecule has 0 aromatic heterocycles. The topological polar surface area (TPSA) is 43.7 Å². The van der Waals surface area contributed by atoms with Crippen LogP contribution in [0.4, 0.5) is 10.1 Å². The van der Waals surface area contributed by atoms with Crippen molar-refractivity contribution in [1.82, 2.24) is 0 Å². The van der Waals surface area contributed by atoms with Crippen LogP contribution < -0.4 is 10.4 Å². The zero-order chi connectivity index (χ0) is 11.5. The fourth-order valence-electron chi connectivity index (χ4n) is 2.08. The summed E-state index contributed by atoms with van der Waals surface area (Å²) in [4.78, 5) is 2.08. The van der Waals surface area contributed by atoms with Gasteiger partial charge in [0.05, 0.1) is 0 Å². The summed E-state index contributed by atoms with van der Waals surface area (Å²) < 4.78 is 13.3. The average Bonchev–Trinajstić information content (AvgIpc) is 2.29. The van der Waals surface area contributed by atoms with Gasteiger partial charge >= 0.3 is 7.12 Å². The molecule has 1 aliphatic rings. The number of hydrogen-bond acceptors (Lipinski definition) is 3. The number of rotatable bonds is 2. The quantitative estimate of drug-likeness (QED) is 0.717. The van der Waals surface area contributed by atoms with Crippen LogP contribution in [0, 0.1) is 5.82 Å². The summed E-state index contributed by atoms with van der Waals surface area (Å²) in [7, 11) is -1.61. The molecule has 1 aromatic carbocycles. The van der Waals surface area contributed by atoms with E-state index in [2.05, 4.69) is 4.90 Å². The average molecular weight is 223 g/mol. The monoisotopic (exact) mass is 223 g/mol. The van der Waals surface area contributed by atoms with Crippen LogP contribution >= 0.6 is 0 Å². The maximum absolute atomic E-state index is 13.3. The summed E-state index contributed by atoms with van der Waals surface area (Å²) in [5.41, 5.74) is 0.948. The summed E-state index contributed by atoms with van der Waals surface area (Å²) >= 11 is 0. The minimum absolute atomic E-state index is 0.209. The SMILES string of the molecule is OB(O)c1cc(F)cc(N2CCCCC2)c1. The molecule has 1 fully saturated rings. The van der Waals surface area contributed by atoms with Crippen LogP contribution in [0.3, 0.4) is 0 Å². The van der Waals surface area contributed by atoms with E-state index in [-0.39, 0.29) is 5.46 Å². The van der Waals surface area contributed by atoms with Crippen molar-refractivity contribution in [2.75, 3.05) is 18.0 Å². The number of hydrogen-bond donors (Lipinski definition) is 2. The standard InChI is InChI=1S/C11H15BFNO2/c13-10-6-9(12(15)16)7-11(8-10)14-4-2-1-3-5-14/h6-8,15-16H,1-5H2. The third-order valence-corrected chi connectivity index (χ3v) is 2.92. The Hall–Kier alpha value is -1.07. The lowest BCUT2D eigenvalue weighted by molar-refractivity contribution is 0.425. The number of benzene rings is 1. The lowest BCUT2D eigenvalue weighted by atomic mass is 9.80. The molecule has 2 rings (SSSR count). The van der Waals surface area contributed by atoms with Crippen LogP contribution in [0.25, 0.3) is 0 Å². The fraction of sp³-hybridized carbons (Fsp3) is 0.455. The second-order valence-corrected chi connectivity index (χ2v) is 4.16. The van der Waals surface area contributed by atoms with Gasteiger partial charge in [0, 0.05) is 18.8 Å². The van der Waals surface area contributed by atoms with Gasteiger partial charge in [-0.2, -0.15) is 0 Å². The molecule has 0 unspecified atom stereocenters. The Balaban J connectivity index is 2.25. The lowest BCUT2D eigenvalue weighted by Gasteiger charge is -2.29. The Kier molecular flexibility index (Phi) is 3.46. The van der Waals surface area contributed by atoms with Crippen molar-refractivity contribution in [1.29, 1.82) is 0 Å². The molecule has 0 saturated carbocycles. The highest BCUT2D eigenvalue weighted by atomic mass is 19.1. The Morgan fingerprint density at radius 3 is 2.38 bits per heavy atom. The predicted molar refractivity (Wildman–Crippen MR) is 62.3 cm³/mol. The molecule has 0 aliphatic carbocycles. The molecule has 3 nitrogen and oxygen atoms in total. The second kappa shape index (κ2) is 4.85. The van der Waals surface area contributed by atoms with E-state index in [1.807, 2.05) is 0 Å². The Bertz CT molecular complexity index is 367. The van der Waals surface area contributed by atoms with E-state index in [1.54, 1.807) is 6.07 Å². The van der Waals surface area contributed by atoms with E-state index in [0.717, 1.165) is 37.7 Å². The van der Waals surface area contributed by atoms with Gasteiger partial charge in [0.15, 0.2) is 0 Å². The van der Waals surface area contributed by atoms with E-state index in [1.165, 1.54) is 12.5 Å². The minimum Gasteiger partial charge on any atom is -0.423 e. The molecule has 1 aromatic rings. The zero-order valence-electron chi connectivity index (χ0n) is 9.06. The van der Waals surface area contributed by atoms with Crippen LogP contribution in [0.2, 0.25) is 0 Å². The predicted octanol–water partition coefficient (Wildman–Crippen LogP) is 0.496. The maximum atomic E-state index is 13.3. The number of halogens is 1. The number of piperidine rings is 1. The molecule has 0 bridgehead atoms. The van der Waals surface area contributed by atoms with Crippen LogP contribution in [-0.2, 0) is 0 Å².